The molecule has 5 rings (SSSR count). The maximum absolute atomic E-state index is 11.8. The van der Waals surface area contributed by atoms with Gasteiger partial charge in [-0.2, -0.15) is 5.10 Å². The second-order valence-electron chi connectivity index (χ2n) is 8.90. The second-order valence-corrected chi connectivity index (χ2v) is 10.7. The van der Waals surface area contributed by atoms with Crippen LogP contribution in [0.2, 0.25) is 0 Å². The molecule has 0 radical (unpaired) electrons. The zero-order chi connectivity index (χ0) is 24.6. The van der Waals surface area contributed by atoms with Gasteiger partial charge in [0.05, 0.1) is 30.3 Å². The van der Waals surface area contributed by atoms with Crippen LogP contribution in [0.1, 0.15) is 17.4 Å². The number of hydrogen-bond acceptors (Lipinski definition) is 5. The highest BCUT2D eigenvalue weighted by molar-refractivity contribution is 7.92. The van der Waals surface area contributed by atoms with Crippen LogP contribution in [0.15, 0.2) is 78.9 Å². The van der Waals surface area contributed by atoms with Crippen LogP contribution in [0.4, 0.5) is 5.69 Å². The van der Waals surface area contributed by atoms with Gasteiger partial charge >= 0.3 is 0 Å². The molecule has 4 aromatic rings. The highest BCUT2D eigenvalue weighted by Crippen LogP contribution is 2.40. The number of benzene rings is 3. The number of aryl methyl sites for hydroxylation is 1. The van der Waals surface area contributed by atoms with E-state index in [2.05, 4.69) is 15.9 Å². The van der Waals surface area contributed by atoms with Crippen LogP contribution in [0, 0.1) is 5.92 Å². The molecule has 2 N–H and O–H groups in total. The first-order valence-corrected chi connectivity index (χ1v) is 13.3. The number of aromatic nitrogens is 2. The van der Waals surface area contributed by atoms with Crippen molar-refractivity contribution >= 4 is 15.7 Å². The predicted octanol–water partition coefficient (Wildman–Crippen LogP) is 4.41. The van der Waals surface area contributed by atoms with Crippen molar-refractivity contribution in [1.29, 1.82) is 0 Å². The van der Waals surface area contributed by atoms with E-state index in [9.17, 15) is 13.5 Å². The summed E-state index contributed by atoms with van der Waals surface area (Å²) >= 11 is 0. The maximum Gasteiger partial charge on any atom is 0.229 e. The molecule has 0 saturated carbocycles. The summed E-state index contributed by atoms with van der Waals surface area (Å²) in [5.41, 5.74) is 5.75. The lowest BCUT2D eigenvalue weighted by molar-refractivity contribution is 0.0499. The van der Waals surface area contributed by atoms with Crippen molar-refractivity contribution < 1.29 is 18.3 Å². The third kappa shape index (κ3) is 4.94. The Labute approximate surface area is 205 Å². The normalized spacial score (nSPS) is 17.5. The number of sulfonamides is 1. The quantitative estimate of drug-likeness (QED) is 0.419. The van der Waals surface area contributed by atoms with Crippen molar-refractivity contribution in [3.8, 4) is 28.1 Å². The van der Waals surface area contributed by atoms with Gasteiger partial charge in [-0.15, -0.1) is 0 Å². The molecule has 0 bridgehead atoms. The standard InChI is InChI=1S/C27H27N3O4S/c1-30-21(16-25(28-30)18-8-4-3-5-9-18)14-20-17-34-26-15-19(12-13-23(26)27(20)31)22-10-6-7-11-24(22)29-35(2,32)33/h3-13,15-16,20,27,29,31H,14,17H2,1-2H3/t20-,27+/m1/s1. The first-order valence-electron chi connectivity index (χ1n) is 11.4. The minimum atomic E-state index is -3.42. The number of fused-ring (bicyclic) bond motifs is 1. The monoisotopic (exact) mass is 489 g/mol. The molecule has 1 aliphatic rings. The number of rotatable bonds is 6. The summed E-state index contributed by atoms with van der Waals surface area (Å²) < 4.78 is 34.1. The number of anilines is 1. The lowest BCUT2D eigenvalue weighted by Crippen LogP contribution is -2.28. The molecule has 0 amide bonds. The summed E-state index contributed by atoms with van der Waals surface area (Å²) in [4.78, 5) is 0. The van der Waals surface area contributed by atoms with E-state index in [0.717, 1.165) is 39.9 Å². The molecule has 7 nitrogen and oxygen atoms in total. The minimum Gasteiger partial charge on any atom is -0.493 e. The smallest absolute Gasteiger partial charge is 0.229 e. The molecule has 0 spiro atoms. The Morgan fingerprint density at radius 1 is 1.03 bits per heavy atom. The molecule has 0 aliphatic carbocycles. The fourth-order valence-electron chi connectivity index (χ4n) is 4.52. The zero-order valence-corrected chi connectivity index (χ0v) is 20.4. The van der Waals surface area contributed by atoms with Crippen LogP contribution in [0.3, 0.4) is 0 Å². The Kier molecular flexibility index (Phi) is 6.08. The van der Waals surface area contributed by atoms with Gasteiger partial charge in [-0.25, -0.2) is 8.42 Å². The summed E-state index contributed by atoms with van der Waals surface area (Å²) in [6, 6.07) is 24.9. The molecule has 2 atom stereocenters. The Hall–Kier alpha value is -3.62. The van der Waals surface area contributed by atoms with Gasteiger partial charge in [0.25, 0.3) is 0 Å². The van der Waals surface area contributed by atoms with Crippen molar-refractivity contribution in [2.24, 2.45) is 13.0 Å². The number of aliphatic hydroxyl groups is 1. The van der Waals surface area contributed by atoms with Crippen molar-refractivity contribution in [2.75, 3.05) is 17.6 Å². The van der Waals surface area contributed by atoms with E-state index < -0.39 is 16.1 Å². The zero-order valence-electron chi connectivity index (χ0n) is 19.5. The van der Waals surface area contributed by atoms with E-state index in [1.807, 2.05) is 72.4 Å². The molecule has 0 fully saturated rings. The Balaban J connectivity index is 1.38. The SMILES string of the molecule is Cn1nc(-c2ccccc2)cc1C[C@@H]1COc2cc(-c3ccccc3NS(C)(=O)=O)ccc2[C@H]1O. The molecule has 1 aromatic heterocycles. The van der Waals surface area contributed by atoms with Crippen LogP contribution >= 0.6 is 0 Å². The summed E-state index contributed by atoms with van der Waals surface area (Å²) in [6.07, 6.45) is 1.06. The molecule has 0 unspecified atom stereocenters. The number of aliphatic hydroxyl groups excluding tert-OH is 1. The van der Waals surface area contributed by atoms with E-state index in [0.29, 0.717) is 24.5 Å². The Bertz CT molecular complexity index is 1470. The lowest BCUT2D eigenvalue weighted by atomic mass is 9.88. The molecule has 180 valence electrons. The minimum absolute atomic E-state index is 0.119. The van der Waals surface area contributed by atoms with Crippen LogP contribution in [-0.2, 0) is 23.5 Å². The number of nitrogens with zero attached hydrogens (tertiary/aromatic N) is 2. The van der Waals surface area contributed by atoms with Gasteiger partial charge in [-0.1, -0.05) is 60.7 Å². The molecule has 2 heterocycles. The number of para-hydroxylation sites is 1. The third-order valence-electron chi connectivity index (χ3n) is 6.28. The van der Waals surface area contributed by atoms with Gasteiger partial charge in [-0.3, -0.25) is 9.40 Å². The van der Waals surface area contributed by atoms with Gasteiger partial charge in [0.1, 0.15) is 5.75 Å². The Morgan fingerprint density at radius 2 is 1.77 bits per heavy atom. The average Bonchev–Trinajstić information content (AvgIpc) is 3.21. The van der Waals surface area contributed by atoms with E-state index in [1.54, 1.807) is 12.1 Å². The first kappa shape index (κ1) is 23.1. The summed E-state index contributed by atoms with van der Waals surface area (Å²) in [5, 5.41) is 15.8. The first-order chi connectivity index (χ1) is 16.8. The summed E-state index contributed by atoms with van der Waals surface area (Å²) in [5.74, 6) is 0.488. The molecule has 35 heavy (non-hydrogen) atoms. The fourth-order valence-corrected chi connectivity index (χ4v) is 5.10. The third-order valence-corrected chi connectivity index (χ3v) is 6.87. The predicted molar refractivity (Wildman–Crippen MR) is 137 cm³/mol. The van der Waals surface area contributed by atoms with Gasteiger partial charge < -0.3 is 9.84 Å². The summed E-state index contributed by atoms with van der Waals surface area (Å²) in [6.45, 7) is 0.368. The van der Waals surface area contributed by atoms with Gasteiger partial charge in [-0.05, 0) is 30.2 Å². The van der Waals surface area contributed by atoms with Gasteiger partial charge in [0.15, 0.2) is 0 Å². The molecular formula is C27H27N3O4S. The maximum atomic E-state index is 11.8. The van der Waals surface area contributed by atoms with E-state index in [-0.39, 0.29) is 5.92 Å². The van der Waals surface area contributed by atoms with Crippen LogP contribution in [0.25, 0.3) is 22.4 Å². The fraction of sp³-hybridized carbons (Fsp3) is 0.222. The Morgan fingerprint density at radius 3 is 2.54 bits per heavy atom. The number of ether oxygens (including phenoxy) is 1. The highest BCUT2D eigenvalue weighted by atomic mass is 32.2. The highest BCUT2D eigenvalue weighted by Gasteiger charge is 2.31. The molecular weight excluding hydrogens is 462 g/mol. The largest absolute Gasteiger partial charge is 0.493 e. The van der Waals surface area contributed by atoms with Crippen LogP contribution in [0.5, 0.6) is 5.75 Å². The molecule has 0 saturated heterocycles. The molecule has 8 heteroatoms. The van der Waals surface area contributed by atoms with E-state index in [4.69, 9.17) is 4.74 Å². The van der Waals surface area contributed by atoms with E-state index in [1.165, 1.54) is 0 Å². The van der Waals surface area contributed by atoms with Crippen molar-refractivity contribution in [3.05, 3.63) is 90.1 Å². The van der Waals surface area contributed by atoms with E-state index >= 15 is 0 Å². The summed E-state index contributed by atoms with van der Waals surface area (Å²) in [7, 11) is -1.50. The van der Waals surface area contributed by atoms with Gasteiger partial charge in [0.2, 0.25) is 10.0 Å². The van der Waals surface area contributed by atoms with Crippen LogP contribution < -0.4 is 9.46 Å². The van der Waals surface area contributed by atoms with Crippen molar-refractivity contribution in [3.63, 3.8) is 0 Å². The number of hydrogen-bond donors (Lipinski definition) is 2. The molecule has 3 aromatic carbocycles. The van der Waals surface area contributed by atoms with Crippen molar-refractivity contribution in [2.45, 2.75) is 12.5 Å². The topological polar surface area (TPSA) is 93.5 Å². The average molecular weight is 490 g/mol. The van der Waals surface area contributed by atoms with Crippen molar-refractivity contribution in [1.82, 2.24) is 9.78 Å². The number of nitrogens with one attached hydrogen (secondary N) is 1. The molecule has 1 aliphatic heterocycles. The lowest BCUT2D eigenvalue weighted by Gasteiger charge is -2.30. The van der Waals surface area contributed by atoms with Crippen LogP contribution in [-0.4, -0.2) is 36.2 Å². The second kappa shape index (κ2) is 9.20. The van der Waals surface area contributed by atoms with Gasteiger partial charge in [0, 0.05) is 35.3 Å².